The van der Waals surface area contributed by atoms with Crippen LogP contribution in [0, 0.1) is 0 Å². The Kier molecular flexibility index (Phi) is 19.2. The zero-order chi connectivity index (χ0) is 26.4. The van der Waals surface area contributed by atoms with Gasteiger partial charge in [-0.3, -0.25) is 0 Å². The smallest absolute Gasteiger partial charge is 0.231 e. The Morgan fingerprint density at radius 1 is 0.472 bits per heavy atom. The molecule has 0 saturated carbocycles. The molecule has 0 aliphatic carbocycles. The largest absolute Gasteiger partial charge is 0.359 e. The van der Waals surface area contributed by atoms with Crippen molar-refractivity contribution in [3.05, 3.63) is 0 Å². The molecule has 0 aromatic carbocycles. The van der Waals surface area contributed by atoms with Crippen molar-refractivity contribution in [3.63, 3.8) is 0 Å². The molecule has 0 spiro atoms. The van der Waals surface area contributed by atoms with Gasteiger partial charge in [0.15, 0.2) is 0 Å². The lowest BCUT2D eigenvalue weighted by atomic mass is 10.3. The van der Waals surface area contributed by atoms with E-state index in [1.54, 1.807) is 0 Å². The molecule has 1 rings (SSSR count). The summed E-state index contributed by atoms with van der Waals surface area (Å²) in [6, 6.07) is 0. The highest BCUT2D eigenvalue weighted by molar-refractivity contribution is 5.43. The van der Waals surface area contributed by atoms with Crippen molar-refractivity contribution < 1.29 is 14.2 Å². The molecule has 0 bridgehead atoms. The van der Waals surface area contributed by atoms with Gasteiger partial charge < -0.3 is 30.2 Å². The number of nitrogens with one attached hydrogen (secondary N) is 3. The van der Waals surface area contributed by atoms with Gasteiger partial charge in [-0.1, -0.05) is 80.1 Å². The van der Waals surface area contributed by atoms with Gasteiger partial charge in [0.05, 0.1) is 0 Å². The van der Waals surface area contributed by atoms with Crippen LogP contribution in [0.5, 0.6) is 0 Å². The summed E-state index contributed by atoms with van der Waals surface area (Å²) in [5, 5.41) is 10.2. The molecule has 0 aliphatic heterocycles. The first kappa shape index (κ1) is 32.3. The lowest BCUT2D eigenvalue weighted by Gasteiger charge is -2.23. The fourth-order valence-electron chi connectivity index (χ4n) is 3.49. The summed E-state index contributed by atoms with van der Waals surface area (Å²) in [6.07, 6.45) is 11.5. The van der Waals surface area contributed by atoms with Crippen LogP contribution in [0.15, 0.2) is 0 Å². The standard InChI is InChI=1S/C27H54N6O3/c1-7-13-19-34-22(16-10-4)28-25-31-26(29-23(17-11-5)35-20-14-8-2)33-27(32-25)30-24(18-12-6)36-21-15-9-3/h22-24H,7-21H2,1-6H3,(H3,28,29,30,31,32,33). The third-order valence-electron chi connectivity index (χ3n) is 5.61. The number of anilines is 3. The van der Waals surface area contributed by atoms with Crippen molar-refractivity contribution in [2.24, 2.45) is 0 Å². The second kappa shape index (κ2) is 21.4. The summed E-state index contributed by atoms with van der Waals surface area (Å²) < 4.78 is 18.2. The lowest BCUT2D eigenvalue weighted by Crippen LogP contribution is -2.29. The fraction of sp³-hybridized carbons (Fsp3) is 0.889. The first-order chi connectivity index (χ1) is 17.6. The van der Waals surface area contributed by atoms with Crippen LogP contribution in [0.2, 0.25) is 0 Å². The van der Waals surface area contributed by atoms with Crippen LogP contribution in [-0.4, -0.2) is 53.5 Å². The van der Waals surface area contributed by atoms with Crippen LogP contribution in [0.3, 0.4) is 0 Å². The number of nitrogens with zero attached hydrogens (tertiary/aromatic N) is 3. The normalized spacial score (nSPS) is 13.8. The van der Waals surface area contributed by atoms with Gasteiger partial charge in [-0.15, -0.1) is 0 Å². The van der Waals surface area contributed by atoms with Gasteiger partial charge in [0.1, 0.15) is 18.7 Å². The maximum absolute atomic E-state index is 6.08. The molecular formula is C27H54N6O3. The molecule has 3 unspecified atom stereocenters. The minimum atomic E-state index is -0.149. The molecule has 3 N–H and O–H groups in total. The SMILES string of the molecule is CCCCOC(CCC)Nc1nc(NC(CCC)OCCCC)nc(NC(CCC)OCCCC)n1. The van der Waals surface area contributed by atoms with Gasteiger partial charge in [-0.2, -0.15) is 15.0 Å². The summed E-state index contributed by atoms with van der Waals surface area (Å²) in [7, 11) is 0. The number of hydrogen-bond donors (Lipinski definition) is 3. The lowest BCUT2D eigenvalue weighted by molar-refractivity contribution is 0.0622. The van der Waals surface area contributed by atoms with Crippen molar-refractivity contribution >= 4 is 17.8 Å². The van der Waals surface area contributed by atoms with Crippen molar-refractivity contribution in [1.82, 2.24) is 15.0 Å². The maximum atomic E-state index is 6.08. The van der Waals surface area contributed by atoms with E-state index in [1.165, 1.54) is 0 Å². The fourth-order valence-corrected chi connectivity index (χ4v) is 3.49. The second-order valence-corrected chi connectivity index (χ2v) is 9.24. The van der Waals surface area contributed by atoms with Crippen LogP contribution in [0.4, 0.5) is 17.8 Å². The summed E-state index contributed by atoms with van der Waals surface area (Å²) in [5.41, 5.74) is 0. The maximum Gasteiger partial charge on any atom is 0.231 e. The molecule has 0 amide bonds. The number of hydrogen-bond acceptors (Lipinski definition) is 9. The molecule has 3 atom stereocenters. The van der Waals surface area contributed by atoms with Gasteiger partial charge in [0.25, 0.3) is 0 Å². The quantitative estimate of drug-likeness (QED) is 0.101. The Hall–Kier alpha value is -1.71. The van der Waals surface area contributed by atoms with Gasteiger partial charge in [0, 0.05) is 19.8 Å². The van der Waals surface area contributed by atoms with E-state index in [2.05, 4.69) is 72.4 Å². The van der Waals surface area contributed by atoms with Gasteiger partial charge in [-0.05, 0) is 38.5 Å². The highest BCUT2D eigenvalue weighted by Gasteiger charge is 2.17. The van der Waals surface area contributed by atoms with Crippen LogP contribution in [0.25, 0.3) is 0 Å². The topological polar surface area (TPSA) is 102 Å². The summed E-state index contributed by atoms with van der Waals surface area (Å²) in [5.74, 6) is 1.45. The molecule has 0 saturated heterocycles. The Morgan fingerprint density at radius 3 is 0.972 bits per heavy atom. The van der Waals surface area contributed by atoms with Gasteiger partial charge >= 0.3 is 0 Å². The highest BCUT2D eigenvalue weighted by atomic mass is 16.5. The van der Waals surface area contributed by atoms with E-state index in [0.717, 1.165) is 77.0 Å². The van der Waals surface area contributed by atoms with Crippen molar-refractivity contribution in [3.8, 4) is 0 Å². The molecule has 0 aliphatic rings. The molecule has 0 radical (unpaired) electrons. The van der Waals surface area contributed by atoms with E-state index in [-0.39, 0.29) is 18.7 Å². The molecule has 9 heteroatoms. The van der Waals surface area contributed by atoms with Crippen LogP contribution < -0.4 is 16.0 Å². The van der Waals surface area contributed by atoms with Crippen LogP contribution in [-0.2, 0) is 14.2 Å². The number of rotatable bonds is 24. The molecule has 36 heavy (non-hydrogen) atoms. The first-order valence-corrected chi connectivity index (χ1v) is 14.5. The summed E-state index contributed by atoms with van der Waals surface area (Å²) in [6.45, 7) is 15.1. The predicted molar refractivity (Wildman–Crippen MR) is 149 cm³/mol. The van der Waals surface area contributed by atoms with Gasteiger partial charge in [-0.25, -0.2) is 0 Å². The summed E-state index contributed by atoms with van der Waals surface area (Å²) >= 11 is 0. The van der Waals surface area contributed by atoms with Crippen molar-refractivity contribution in [2.75, 3.05) is 35.8 Å². The van der Waals surface area contributed by atoms with Gasteiger partial charge in [0.2, 0.25) is 17.8 Å². The zero-order valence-corrected chi connectivity index (χ0v) is 23.9. The summed E-state index contributed by atoms with van der Waals surface area (Å²) in [4.78, 5) is 14.0. The molecule has 9 nitrogen and oxygen atoms in total. The van der Waals surface area contributed by atoms with Crippen molar-refractivity contribution in [2.45, 2.75) is 137 Å². The second-order valence-electron chi connectivity index (χ2n) is 9.24. The van der Waals surface area contributed by atoms with E-state index in [1.807, 2.05) is 0 Å². The zero-order valence-electron chi connectivity index (χ0n) is 23.9. The number of aromatic nitrogens is 3. The number of unbranched alkanes of at least 4 members (excludes halogenated alkanes) is 3. The third-order valence-corrected chi connectivity index (χ3v) is 5.61. The molecule has 1 aromatic rings. The molecular weight excluding hydrogens is 456 g/mol. The average Bonchev–Trinajstić information content (AvgIpc) is 2.85. The molecule has 210 valence electrons. The first-order valence-electron chi connectivity index (χ1n) is 14.5. The van der Waals surface area contributed by atoms with Crippen LogP contribution in [0.1, 0.15) is 119 Å². The van der Waals surface area contributed by atoms with E-state index in [9.17, 15) is 0 Å². The molecule has 0 fully saturated rings. The Morgan fingerprint density at radius 2 is 0.750 bits per heavy atom. The number of ether oxygens (including phenoxy) is 3. The highest BCUT2D eigenvalue weighted by Crippen LogP contribution is 2.17. The third kappa shape index (κ3) is 14.8. The van der Waals surface area contributed by atoms with E-state index in [0.29, 0.717) is 37.7 Å². The Bertz CT molecular complexity index is 554. The Labute approximate surface area is 220 Å². The minimum absolute atomic E-state index is 0.149. The average molecular weight is 511 g/mol. The minimum Gasteiger partial charge on any atom is -0.359 e. The molecule has 1 aromatic heterocycles. The Balaban J connectivity index is 3.12. The van der Waals surface area contributed by atoms with E-state index >= 15 is 0 Å². The molecule has 1 heterocycles. The predicted octanol–water partition coefficient (Wildman–Crippen LogP) is 6.94. The van der Waals surface area contributed by atoms with Crippen molar-refractivity contribution in [1.29, 1.82) is 0 Å². The van der Waals surface area contributed by atoms with E-state index in [4.69, 9.17) is 14.2 Å². The van der Waals surface area contributed by atoms with E-state index < -0.39 is 0 Å². The monoisotopic (exact) mass is 510 g/mol. The van der Waals surface area contributed by atoms with Crippen LogP contribution >= 0.6 is 0 Å².